The molecule has 2 amide bonds. The van der Waals surface area contributed by atoms with Crippen molar-refractivity contribution in [3.8, 4) is 0 Å². The van der Waals surface area contributed by atoms with E-state index >= 15 is 0 Å². The minimum Gasteiger partial charge on any atom is -0.481 e. The number of carboxylic acid groups (broad SMARTS) is 1. The maximum absolute atomic E-state index is 12.3. The first kappa shape index (κ1) is 16.7. The summed E-state index contributed by atoms with van der Waals surface area (Å²) in [5, 5.41) is 20.6. The molecule has 0 radical (unpaired) electrons. The average Bonchev–Trinajstić information content (AvgIpc) is 2.36. The number of rotatable bonds is 5. The average molecular weight is 288 g/mol. The molecule has 1 aliphatic heterocycles. The highest BCUT2D eigenvalue weighted by Crippen LogP contribution is 2.15. The molecule has 0 aromatic rings. The Hall–Kier alpha value is -1.34. The van der Waals surface area contributed by atoms with E-state index in [-0.39, 0.29) is 31.2 Å². The van der Waals surface area contributed by atoms with Gasteiger partial charge in [-0.25, -0.2) is 4.79 Å². The molecule has 1 rings (SSSR count). The Kier molecular flexibility index (Phi) is 5.76. The number of ether oxygens (including phenoxy) is 1. The smallest absolute Gasteiger partial charge is 0.318 e. The molecule has 1 aliphatic rings. The molecule has 2 atom stereocenters. The van der Waals surface area contributed by atoms with Gasteiger partial charge >= 0.3 is 12.0 Å². The van der Waals surface area contributed by atoms with Gasteiger partial charge in [-0.2, -0.15) is 0 Å². The molecule has 2 unspecified atom stereocenters. The van der Waals surface area contributed by atoms with Gasteiger partial charge in [0.1, 0.15) is 0 Å². The zero-order valence-corrected chi connectivity index (χ0v) is 12.3. The lowest BCUT2D eigenvalue weighted by Gasteiger charge is -2.39. The number of carbonyl (C=O) groups is 2. The van der Waals surface area contributed by atoms with Crippen molar-refractivity contribution in [2.45, 2.75) is 51.3 Å². The summed E-state index contributed by atoms with van der Waals surface area (Å²) in [4.78, 5) is 24.5. The first-order valence-electron chi connectivity index (χ1n) is 6.78. The maximum Gasteiger partial charge on any atom is 0.318 e. The predicted octanol–water partition coefficient (Wildman–Crippen LogP) is 0.421. The van der Waals surface area contributed by atoms with Crippen LogP contribution in [0.1, 0.15) is 33.6 Å². The number of urea groups is 1. The molecule has 1 saturated heterocycles. The van der Waals surface area contributed by atoms with Crippen molar-refractivity contribution in [1.29, 1.82) is 0 Å². The van der Waals surface area contributed by atoms with Crippen LogP contribution < -0.4 is 5.32 Å². The Labute approximate surface area is 118 Å². The molecule has 3 N–H and O–H groups in total. The number of carboxylic acids is 1. The third-order valence-corrected chi connectivity index (χ3v) is 3.38. The van der Waals surface area contributed by atoms with E-state index in [9.17, 15) is 9.59 Å². The molecule has 116 valence electrons. The quantitative estimate of drug-likeness (QED) is 0.681. The minimum atomic E-state index is -0.882. The highest BCUT2D eigenvalue weighted by atomic mass is 16.5. The Bertz CT molecular complexity index is 359. The lowest BCUT2D eigenvalue weighted by Crippen LogP contribution is -2.58. The van der Waals surface area contributed by atoms with E-state index in [0.29, 0.717) is 19.6 Å². The Morgan fingerprint density at radius 1 is 1.45 bits per heavy atom. The standard InChI is InChI=1S/C13H24N2O5/c1-9-8-20-10(7-16)6-15(9)12(19)14-13(2,3)5-4-11(17)18/h9-10,16H,4-8H2,1-3H3,(H,14,19)(H,17,18). The molecule has 0 bridgehead atoms. The van der Waals surface area contributed by atoms with Crippen LogP contribution in [0.4, 0.5) is 4.79 Å². The number of aliphatic hydroxyl groups excluding tert-OH is 1. The van der Waals surface area contributed by atoms with E-state index in [1.807, 2.05) is 6.92 Å². The fourth-order valence-electron chi connectivity index (χ4n) is 2.05. The summed E-state index contributed by atoms with van der Waals surface area (Å²) in [5.41, 5.74) is -0.595. The monoisotopic (exact) mass is 288 g/mol. The van der Waals surface area contributed by atoms with Crippen LogP contribution >= 0.6 is 0 Å². The summed E-state index contributed by atoms with van der Waals surface area (Å²) in [6, 6.07) is -0.331. The third-order valence-electron chi connectivity index (χ3n) is 3.38. The molecule has 7 nitrogen and oxygen atoms in total. The number of hydrogen-bond donors (Lipinski definition) is 3. The van der Waals surface area contributed by atoms with Crippen LogP contribution in [-0.2, 0) is 9.53 Å². The van der Waals surface area contributed by atoms with Gasteiger partial charge in [0.05, 0.1) is 31.9 Å². The second-order valence-corrected chi connectivity index (χ2v) is 5.85. The highest BCUT2D eigenvalue weighted by Gasteiger charge is 2.32. The van der Waals surface area contributed by atoms with E-state index in [0.717, 1.165) is 0 Å². The van der Waals surface area contributed by atoms with Crippen LogP contribution in [0.3, 0.4) is 0 Å². The van der Waals surface area contributed by atoms with Gasteiger partial charge in [-0.1, -0.05) is 0 Å². The number of aliphatic carboxylic acids is 1. The van der Waals surface area contributed by atoms with Gasteiger partial charge in [0.2, 0.25) is 0 Å². The predicted molar refractivity (Wildman–Crippen MR) is 72.5 cm³/mol. The molecule has 1 fully saturated rings. The first-order valence-corrected chi connectivity index (χ1v) is 6.78. The van der Waals surface area contributed by atoms with E-state index in [1.165, 1.54) is 0 Å². The number of nitrogens with zero attached hydrogens (tertiary/aromatic N) is 1. The summed E-state index contributed by atoms with van der Waals surface area (Å²) < 4.78 is 5.38. The molecular formula is C13H24N2O5. The summed E-state index contributed by atoms with van der Waals surface area (Å²) in [6.07, 6.45) is 0.000571. The molecule has 0 aliphatic carbocycles. The first-order chi connectivity index (χ1) is 9.25. The zero-order valence-electron chi connectivity index (χ0n) is 12.3. The molecule has 20 heavy (non-hydrogen) atoms. The number of aliphatic hydroxyl groups is 1. The molecule has 0 aromatic carbocycles. The van der Waals surface area contributed by atoms with Gasteiger partial charge in [0.25, 0.3) is 0 Å². The number of amides is 2. The van der Waals surface area contributed by atoms with Crippen molar-refractivity contribution in [3.63, 3.8) is 0 Å². The van der Waals surface area contributed by atoms with Gasteiger partial charge in [-0.15, -0.1) is 0 Å². The lowest BCUT2D eigenvalue weighted by molar-refractivity contribution is -0.137. The molecule has 0 saturated carbocycles. The van der Waals surface area contributed by atoms with Crippen molar-refractivity contribution in [1.82, 2.24) is 10.2 Å². The van der Waals surface area contributed by atoms with E-state index in [1.54, 1.807) is 18.7 Å². The van der Waals surface area contributed by atoms with Crippen LogP contribution in [-0.4, -0.2) is 64.6 Å². The third kappa shape index (κ3) is 4.97. The summed E-state index contributed by atoms with van der Waals surface area (Å²) in [6.45, 7) is 6.05. The van der Waals surface area contributed by atoms with Crippen molar-refractivity contribution >= 4 is 12.0 Å². The molecule has 1 heterocycles. The van der Waals surface area contributed by atoms with Gasteiger partial charge in [-0.05, 0) is 27.2 Å². The van der Waals surface area contributed by atoms with Gasteiger partial charge in [0, 0.05) is 12.0 Å². The van der Waals surface area contributed by atoms with Crippen LogP contribution in [0.15, 0.2) is 0 Å². The Balaban J connectivity index is 2.57. The molecule has 0 spiro atoms. The van der Waals surface area contributed by atoms with Gasteiger partial charge < -0.3 is 25.2 Å². The fraction of sp³-hybridized carbons (Fsp3) is 0.846. The normalized spacial score (nSPS) is 23.5. The van der Waals surface area contributed by atoms with Crippen molar-refractivity contribution in [2.24, 2.45) is 0 Å². The van der Waals surface area contributed by atoms with Gasteiger partial charge in [0.15, 0.2) is 0 Å². The number of morpholine rings is 1. The minimum absolute atomic E-state index is 0.00517. The molecular weight excluding hydrogens is 264 g/mol. The zero-order chi connectivity index (χ0) is 15.3. The van der Waals surface area contributed by atoms with Crippen LogP contribution in [0.25, 0.3) is 0 Å². The number of carbonyl (C=O) groups excluding carboxylic acids is 1. The second kappa shape index (κ2) is 6.90. The topological polar surface area (TPSA) is 99.1 Å². The summed E-state index contributed by atoms with van der Waals surface area (Å²) in [5.74, 6) is -0.882. The second-order valence-electron chi connectivity index (χ2n) is 5.85. The number of nitrogens with one attached hydrogen (secondary N) is 1. The van der Waals surface area contributed by atoms with E-state index < -0.39 is 11.5 Å². The van der Waals surface area contributed by atoms with Crippen LogP contribution in [0.2, 0.25) is 0 Å². The number of hydrogen-bond acceptors (Lipinski definition) is 4. The lowest BCUT2D eigenvalue weighted by atomic mass is 9.98. The highest BCUT2D eigenvalue weighted by molar-refractivity contribution is 5.75. The van der Waals surface area contributed by atoms with E-state index in [2.05, 4.69) is 5.32 Å². The van der Waals surface area contributed by atoms with Crippen molar-refractivity contribution in [2.75, 3.05) is 19.8 Å². The van der Waals surface area contributed by atoms with Crippen LogP contribution in [0.5, 0.6) is 0 Å². The molecule has 0 aromatic heterocycles. The summed E-state index contributed by atoms with van der Waals surface area (Å²) in [7, 11) is 0. The Morgan fingerprint density at radius 3 is 2.65 bits per heavy atom. The largest absolute Gasteiger partial charge is 0.481 e. The Morgan fingerprint density at radius 2 is 2.10 bits per heavy atom. The van der Waals surface area contributed by atoms with Crippen LogP contribution in [0, 0.1) is 0 Å². The van der Waals surface area contributed by atoms with Crippen molar-refractivity contribution in [3.05, 3.63) is 0 Å². The van der Waals surface area contributed by atoms with Crippen molar-refractivity contribution < 1.29 is 24.5 Å². The molecule has 7 heteroatoms. The summed E-state index contributed by atoms with van der Waals surface area (Å²) >= 11 is 0. The fourth-order valence-corrected chi connectivity index (χ4v) is 2.05. The maximum atomic E-state index is 12.3. The SMILES string of the molecule is CC1COC(CO)CN1C(=O)NC(C)(C)CCC(=O)O. The van der Waals surface area contributed by atoms with E-state index in [4.69, 9.17) is 14.9 Å². The van der Waals surface area contributed by atoms with Gasteiger partial charge in [-0.3, -0.25) is 4.79 Å².